The number of ether oxygens (including phenoxy) is 1. The van der Waals surface area contributed by atoms with E-state index in [0.29, 0.717) is 13.0 Å². The van der Waals surface area contributed by atoms with Gasteiger partial charge >= 0.3 is 0 Å². The molecule has 4 rings (SSSR count). The smallest absolute Gasteiger partial charge is 0.294 e. The van der Waals surface area contributed by atoms with Crippen LogP contribution in [0.3, 0.4) is 0 Å². The summed E-state index contributed by atoms with van der Waals surface area (Å²) in [7, 11) is 0. The van der Waals surface area contributed by atoms with E-state index in [1.165, 1.54) is 25.1 Å². The first kappa shape index (κ1) is 23.1. The molecule has 0 saturated carbocycles. The maximum atomic E-state index is 10.2. The number of hydrogen-bond donors (Lipinski definition) is 0. The van der Waals surface area contributed by atoms with Gasteiger partial charge in [0.15, 0.2) is 0 Å². The molecule has 0 saturated heterocycles. The second kappa shape index (κ2) is 10.7. The van der Waals surface area contributed by atoms with Crippen LogP contribution >= 0.6 is 23.1 Å². The molecule has 9 heteroatoms. The highest BCUT2D eigenvalue weighted by atomic mass is 32.2. The molecule has 1 aromatic heterocycles. The van der Waals surface area contributed by atoms with Crippen molar-refractivity contribution in [2.75, 3.05) is 24.7 Å². The molecule has 1 aliphatic heterocycles. The van der Waals surface area contributed by atoms with Crippen LogP contribution in [0, 0.1) is 10.1 Å². The number of aryl methyl sites for hydroxylation is 1. The third kappa shape index (κ3) is 5.31. The summed E-state index contributed by atoms with van der Waals surface area (Å²) in [5.74, 6) is 0.750. The Morgan fingerprint density at radius 1 is 1.18 bits per heavy atom. The molecule has 0 atom stereocenters. The van der Waals surface area contributed by atoms with Crippen LogP contribution in [-0.4, -0.2) is 24.8 Å². The molecule has 7 nitrogen and oxygen atoms in total. The average Bonchev–Trinajstić information content (AvgIpc) is 3.35. The van der Waals surface area contributed by atoms with Crippen LogP contribution in [0.15, 0.2) is 64.5 Å². The monoisotopic (exact) mass is 484 g/mol. The highest BCUT2D eigenvalue weighted by Crippen LogP contribution is 2.47. The van der Waals surface area contributed by atoms with E-state index >= 15 is 0 Å². The fourth-order valence-electron chi connectivity index (χ4n) is 3.72. The second-order valence-electron chi connectivity index (χ2n) is 7.25. The van der Waals surface area contributed by atoms with E-state index in [2.05, 4.69) is 76.7 Å². The zero-order valence-electron chi connectivity index (χ0n) is 18.6. The Morgan fingerprint density at radius 2 is 2.03 bits per heavy atom. The maximum absolute atomic E-state index is 10.2. The number of para-hydroxylation sites is 1. The number of rotatable bonds is 10. The summed E-state index contributed by atoms with van der Waals surface area (Å²) >= 11 is 3.55. The van der Waals surface area contributed by atoms with Gasteiger partial charge in [0.05, 0.1) is 23.9 Å². The summed E-state index contributed by atoms with van der Waals surface area (Å²) < 4.78 is 9.39. The van der Waals surface area contributed by atoms with Crippen molar-refractivity contribution in [1.82, 2.24) is 0 Å². The molecule has 33 heavy (non-hydrogen) atoms. The first-order valence-electron chi connectivity index (χ1n) is 10.9. The highest BCUT2D eigenvalue weighted by molar-refractivity contribution is 8.03. The maximum Gasteiger partial charge on any atom is 0.294 e. The Balaban J connectivity index is 1.46. The van der Waals surface area contributed by atoms with Gasteiger partial charge in [-0.05, 0) is 38.1 Å². The van der Waals surface area contributed by atoms with E-state index in [-0.39, 0.29) is 6.61 Å². The van der Waals surface area contributed by atoms with Crippen LogP contribution in [0.25, 0.3) is 16.3 Å². The van der Waals surface area contributed by atoms with Gasteiger partial charge in [-0.2, -0.15) is 4.57 Å². The number of allylic oxidation sites excluding steroid dienone is 2. The molecule has 1 aliphatic rings. The van der Waals surface area contributed by atoms with Gasteiger partial charge in [-0.3, -0.25) is 0 Å². The van der Waals surface area contributed by atoms with Crippen LogP contribution in [0.5, 0.6) is 5.75 Å². The molecular formula is C24H26N3O4S2+. The molecule has 0 N–H and O–H groups in total. The van der Waals surface area contributed by atoms with Crippen molar-refractivity contribution in [3.8, 4) is 5.75 Å². The number of hydrogen-bond acceptors (Lipinski definition) is 7. The molecule has 0 aliphatic carbocycles. The number of thiazole rings is 1. The number of benzene rings is 2. The van der Waals surface area contributed by atoms with Gasteiger partial charge in [0.2, 0.25) is 5.52 Å². The topological polar surface area (TPSA) is 68.7 Å². The van der Waals surface area contributed by atoms with Crippen LogP contribution in [0.1, 0.15) is 25.3 Å². The molecule has 0 fully saturated rings. The molecule has 2 heterocycles. The van der Waals surface area contributed by atoms with E-state index in [1.54, 1.807) is 23.1 Å². The van der Waals surface area contributed by atoms with Crippen molar-refractivity contribution in [3.05, 3.63) is 74.8 Å². The lowest BCUT2D eigenvalue weighted by atomic mass is 10.2. The average molecular weight is 485 g/mol. The summed E-state index contributed by atoms with van der Waals surface area (Å²) in [4.78, 5) is 18.0. The Bertz CT molecular complexity index is 1210. The standard InChI is InChI=1S/C24H26N3O4S2/c1-3-25-19-9-5-6-10-21(19)32-23(25)11-7-12-24-26(4-2)20-17-18(13-14-22(20)33-24)30-15-8-16-31-27(28)29/h5-7,9-14,17H,3-4,8,15-16H2,1-2H3/q+1. The SMILES string of the molecule is CCN1/C(=C/C=C/c2sc3ccccc3[n+]2CC)Sc2ccc(OCCCO[N+](=O)[O-])cc21. The van der Waals surface area contributed by atoms with Gasteiger partial charge in [0, 0.05) is 36.1 Å². The number of aromatic nitrogens is 1. The predicted octanol–water partition coefficient (Wildman–Crippen LogP) is 5.67. The third-order valence-corrected chi connectivity index (χ3v) is 7.46. The lowest BCUT2D eigenvalue weighted by Crippen LogP contribution is -2.33. The molecule has 0 amide bonds. The lowest BCUT2D eigenvalue weighted by molar-refractivity contribution is -0.757. The van der Waals surface area contributed by atoms with E-state index in [0.717, 1.165) is 24.5 Å². The number of fused-ring (bicyclic) bond motifs is 2. The van der Waals surface area contributed by atoms with Crippen molar-refractivity contribution in [2.45, 2.75) is 31.7 Å². The lowest BCUT2D eigenvalue weighted by Gasteiger charge is -2.18. The molecule has 172 valence electrons. The zero-order valence-corrected chi connectivity index (χ0v) is 20.2. The minimum Gasteiger partial charge on any atom is -0.493 e. The predicted molar refractivity (Wildman–Crippen MR) is 133 cm³/mol. The van der Waals surface area contributed by atoms with Crippen LogP contribution in [0.2, 0.25) is 0 Å². The number of nitrogens with zero attached hydrogens (tertiary/aromatic N) is 3. The first-order chi connectivity index (χ1) is 16.1. The summed E-state index contributed by atoms with van der Waals surface area (Å²) in [5, 5.41) is 11.8. The third-order valence-electron chi connectivity index (χ3n) is 5.20. The van der Waals surface area contributed by atoms with E-state index in [9.17, 15) is 10.1 Å². The zero-order chi connectivity index (χ0) is 23.2. The summed E-state index contributed by atoms with van der Waals surface area (Å²) in [6.07, 6.45) is 6.92. The summed E-state index contributed by atoms with van der Waals surface area (Å²) in [6.45, 7) is 6.48. The van der Waals surface area contributed by atoms with Crippen LogP contribution < -0.4 is 14.2 Å². The van der Waals surface area contributed by atoms with Gasteiger partial charge < -0.3 is 14.5 Å². The quantitative estimate of drug-likeness (QED) is 0.160. The summed E-state index contributed by atoms with van der Waals surface area (Å²) in [6, 6.07) is 14.5. The normalized spacial score (nSPS) is 14.4. The molecular weight excluding hydrogens is 458 g/mol. The molecule has 2 aromatic carbocycles. The van der Waals surface area contributed by atoms with E-state index < -0.39 is 5.09 Å². The Hall–Kier alpha value is -3.04. The van der Waals surface area contributed by atoms with E-state index in [4.69, 9.17) is 4.74 Å². The van der Waals surface area contributed by atoms with Gasteiger partial charge in [-0.1, -0.05) is 41.3 Å². The van der Waals surface area contributed by atoms with Gasteiger partial charge in [-0.25, -0.2) is 0 Å². The number of thioether (sulfide) groups is 1. The first-order valence-corrected chi connectivity index (χ1v) is 12.5. The van der Waals surface area contributed by atoms with Crippen molar-refractivity contribution in [3.63, 3.8) is 0 Å². The summed E-state index contributed by atoms with van der Waals surface area (Å²) in [5.41, 5.74) is 2.39. The molecule has 3 aromatic rings. The Morgan fingerprint density at radius 3 is 2.82 bits per heavy atom. The van der Waals surface area contributed by atoms with Gasteiger partial charge in [0.25, 0.3) is 10.1 Å². The van der Waals surface area contributed by atoms with Crippen molar-refractivity contribution >= 4 is 45.1 Å². The molecule has 0 spiro atoms. The second-order valence-corrected chi connectivity index (χ2v) is 9.38. The largest absolute Gasteiger partial charge is 0.493 e. The molecule has 0 bridgehead atoms. The van der Waals surface area contributed by atoms with E-state index in [1.807, 2.05) is 12.1 Å². The van der Waals surface area contributed by atoms with Crippen molar-refractivity contribution < 1.29 is 19.2 Å². The van der Waals surface area contributed by atoms with Gasteiger partial charge in [-0.15, -0.1) is 10.1 Å². The Labute approximate surface area is 201 Å². The molecule has 0 radical (unpaired) electrons. The minimum atomic E-state index is -0.781. The van der Waals surface area contributed by atoms with Crippen molar-refractivity contribution in [2.24, 2.45) is 0 Å². The van der Waals surface area contributed by atoms with Crippen LogP contribution in [-0.2, 0) is 11.4 Å². The highest BCUT2D eigenvalue weighted by Gasteiger charge is 2.24. The fourth-order valence-corrected chi connectivity index (χ4v) is 5.98. The van der Waals surface area contributed by atoms with Crippen LogP contribution in [0.4, 0.5) is 5.69 Å². The Kier molecular flexibility index (Phi) is 7.51. The minimum absolute atomic E-state index is 0.0337. The van der Waals surface area contributed by atoms with Crippen molar-refractivity contribution in [1.29, 1.82) is 0 Å². The molecule has 0 unspecified atom stereocenters. The fraction of sp³-hybridized carbons (Fsp3) is 0.292. The van der Waals surface area contributed by atoms with Gasteiger partial charge in [0.1, 0.15) is 17.0 Å². The number of anilines is 1.